The zero-order valence-electron chi connectivity index (χ0n) is 13.0. The molecule has 0 saturated heterocycles. The Morgan fingerprint density at radius 2 is 1.71 bits per heavy atom. The summed E-state index contributed by atoms with van der Waals surface area (Å²) in [5.74, 6) is 0.178. The summed E-state index contributed by atoms with van der Waals surface area (Å²) in [6, 6.07) is 10.2. The topological polar surface area (TPSA) is 106 Å². The van der Waals surface area contributed by atoms with E-state index >= 15 is 0 Å². The Balaban J connectivity index is 0.000000425. The van der Waals surface area contributed by atoms with E-state index < -0.39 is 5.91 Å². The average molecular weight is 334 g/mol. The maximum atomic E-state index is 10.8. The highest BCUT2D eigenvalue weighted by atomic mass is 16.5. The number of hydroxylamine groups is 1. The molecule has 1 amide bonds. The summed E-state index contributed by atoms with van der Waals surface area (Å²) in [4.78, 5) is 21.3. The minimum absolute atomic E-state index is 0. The van der Waals surface area contributed by atoms with Crippen LogP contribution in [0.5, 0.6) is 5.75 Å². The number of hydrogen-bond acceptors (Lipinski definition) is 5. The third-order valence-corrected chi connectivity index (χ3v) is 2.66. The van der Waals surface area contributed by atoms with E-state index in [0.717, 1.165) is 0 Å². The van der Waals surface area contributed by atoms with Crippen LogP contribution in [0.4, 0.5) is 5.69 Å². The third kappa shape index (κ3) is 7.90. The first kappa shape index (κ1) is 21.1. The van der Waals surface area contributed by atoms with Gasteiger partial charge in [0.05, 0.1) is 5.56 Å². The minimum Gasteiger partial charge on any atom is -0.486 e. The molecule has 0 unspecified atom stereocenters. The number of aromatic nitrogens is 1. The molecule has 1 aromatic carbocycles. The Morgan fingerprint density at radius 1 is 1.17 bits per heavy atom. The molecular formula is C17H24N3O4+. The summed E-state index contributed by atoms with van der Waals surface area (Å²) in [6.07, 6.45) is 3.45. The van der Waals surface area contributed by atoms with Crippen molar-refractivity contribution in [2.75, 3.05) is 12.3 Å². The number of hydrogen-bond donors (Lipinski definition) is 3. The molecule has 0 aliphatic rings. The molecule has 1 aromatic heterocycles. The molecule has 0 aliphatic heterocycles. The lowest BCUT2D eigenvalue weighted by atomic mass is 10.2. The molecule has 0 radical (unpaired) electrons. The number of ether oxygens (including phenoxy) is 1. The van der Waals surface area contributed by atoms with E-state index in [1.165, 1.54) is 6.92 Å². The predicted octanol–water partition coefficient (Wildman–Crippen LogP) is 1.50. The number of amides is 1. The number of nitrogens with one attached hydrogen (secondary N) is 1. The van der Waals surface area contributed by atoms with Crippen molar-refractivity contribution < 1.29 is 24.1 Å². The van der Waals surface area contributed by atoms with E-state index in [-0.39, 0.29) is 19.8 Å². The van der Waals surface area contributed by atoms with E-state index in [1.807, 2.05) is 7.05 Å². The fraction of sp³-hybridized carbons (Fsp3) is 0.235. The SMILES string of the molecule is C.CC(=O)COc1ccc(N)cc1.C[n+]1ccc(C(=O)NO)cc1. The molecule has 2 aromatic rings. The number of pyridine rings is 1. The molecule has 7 nitrogen and oxygen atoms in total. The second-order valence-electron chi connectivity index (χ2n) is 4.75. The Morgan fingerprint density at radius 3 is 2.17 bits per heavy atom. The lowest BCUT2D eigenvalue weighted by Gasteiger charge is -2.02. The van der Waals surface area contributed by atoms with Crippen molar-refractivity contribution in [1.29, 1.82) is 0 Å². The Labute approximate surface area is 141 Å². The van der Waals surface area contributed by atoms with Gasteiger partial charge in [-0.25, -0.2) is 10.0 Å². The maximum absolute atomic E-state index is 10.8. The highest BCUT2D eigenvalue weighted by Crippen LogP contribution is 2.12. The van der Waals surface area contributed by atoms with Crippen LogP contribution in [0.1, 0.15) is 24.7 Å². The highest BCUT2D eigenvalue weighted by Gasteiger charge is 2.03. The van der Waals surface area contributed by atoms with Crippen molar-refractivity contribution in [3.8, 4) is 5.75 Å². The molecule has 1 heterocycles. The number of nitrogen functional groups attached to an aromatic ring is 1. The van der Waals surface area contributed by atoms with Gasteiger partial charge in [-0.05, 0) is 31.2 Å². The normalized spacial score (nSPS) is 8.96. The molecule has 130 valence electrons. The van der Waals surface area contributed by atoms with E-state index in [4.69, 9.17) is 15.7 Å². The minimum atomic E-state index is -0.495. The number of Topliss-reactive ketones (excluding diaryl/α,β-unsaturated/α-hetero) is 1. The number of nitrogens with zero attached hydrogens (tertiary/aromatic N) is 1. The second-order valence-corrected chi connectivity index (χ2v) is 4.75. The van der Waals surface area contributed by atoms with Gasteiger partial charge in [0.15, 0.2) is 18.2 Å². The number of nitrogens with two attached hydrogens (primary N) is 1. The fourth-order valence-corrected chi connectivity index (χ4v) is 1.47. The summed E-state index contributed by atoms with van der Waals surface area (Å²) in [5, 5.41) is 8.25. The number of carbonyl (C=O) groups is 2. The quantitative estimate of drug-likeness (QED) is 0.340. The lowest BCUT2D eigenvalue weighted by molar-refractivity contribution is -0.671. The van der Waals surface area contributed by atoms with Crippen molar-refractivity contribution in [3.63, 3.8) is 0 Å². The van der Waals surface area contributed by atoms with Gasteiger partial charge in [0, 0.05) is 17.8 Å². The van der Waals surface area contributed by atoms with Crippen molar-refractivity contribution in [3.05, 3.63) is 54.4 Å². The first-order chi connectivity index (χ1) is 10.9. The van der Waals surface area contributed by atoms with Crippen LogP contribution in [0.25, 0.3) is 0 Å². The number of ketones is 1. The van der Waals surface area contributed by atoms with Crippen molar-refractivity contribution in [2.24, 2.45) is 7.05 Å². The molecule has 0 bridgehead atoms. The van der Waals surface area contributed by atoms with Gasteiger partial charge in [-0.1, -0.05) is 7.43 Å². The van der Waals surface area contributed by atoms with Crippen molar-refractivity contribution in [1.82, 2.24) is 5.48 Å². The van der Waals surface area contributed by atoms with Gasteiger partial charge < -0.3 is 10.5 Å². The van der Waals surface area contributed by atoms with Crippen LogP contribution in [-0.4, -0.2) is 23.5 Å². The molecule has 0 atom stereocenters. The maximum Gasteiger partial charge on any atom is 0.275 e. The van der Waals surface area contributed by atoms with Crippen LogP contribution >= 0.6 is 0 Å². The summed E-state index contributed by atoms with van der Waals surface area (Å²) < 4.78 is 6.92. The van der Waals surface area contributed by atoms with Gasteiger partial charge in [0.2, 0.25) is 0 Å². The number of aryl methyl sites for hydroxylation is 1. The number of carbonyl (C=O) groups excluding carboxylic acids is 2. The zero-order valence-corrected chi connectivity index (χ0v) is 13.0. The van der Waals surface area contributed by atoms with Crippen LogP contribution in [0.15, 0.2) is 48.8 Å². The standard InChI is InChI=1S/C9H11NO2.C7H8N2O2.CH4/c1-7(11)6-12-9-4-2-8(10)3-5-9;1-9-4-2-6(3-5-9)7(10)8-11;/h2-5H,6,10H2,1H3;2-5H,1H3,(H-,8,10,11);1H4/p+1. The summed E-state index contributed by atoms with van der Waals surface area (Å²) in [5.41, 5.74) is 8.13. The molecule has 4 N–H and O–H groups in total. The summed E-state index contributed by atoms with van der Waals surface area (Å²) >= 11 is 0. The largest absolute Gasteiger partial charge is 0.486 e. The molecule has 2 rings (SSSR count). The van der Waals surface area contributed by atoms with Gasteiger partial charge in [0.25, 0.3) is 5.91 Å². The van der Waals surface area contributed by atoms with E-state index in [2.05, 4.69) is 0 Å². The molecule has 24 heavy (non-hydrogen) atoms. The van der Waals surface area contributed by atoms with Gasteiger partial charge in [-0.2, -0.15) is 0 Å². The van der Waals surface area contributed by atoms with Gasteiger partial charge in [0.1, 0.15) is 19.4 Å². The third-order valence-electron chi connectivity index (χ3n) is 2.66. The molecule has 0 aliphatic carbocycles. The van der Waals surface area contributed by atoms with Crippen LogP contribution < -0.4 is 20.5 Å². The predicted molar refractivity (Wildman–Crippen MR) is 90.6 cm³/mol. The smallest absolute Gasteiger partial charge is 0.275 e. The first-order valence-electron chi connectivity index (χ1n) is 6.80. The second kappa shape index (κ2) is 10.7. The van der Waals surface area contributed by atoms with Crippen molar-refractivity contribution >= 4 is 17.4 Å². The van der Waals surface area contributed by atoms with E-state index in [0.29, 0.717) is 17.0 Å². The lowest BCUT2D eigenvalue weighted by Crippen LogP contribution is -2.27. The molecule has 0 spiro atoms. The Hall–Kier alpha value is -2.93. The van der Waals surface area contributed by atoms with Crippen LogP contribution in [0.3, 0.4) is 0 Å². The van der Waals surface area contributed by atoms with Gasteiger partial charge >= 0.3 is 0 Å². The summed E-state index contributed by atoms with van der Waals surface area (Å²) in [6.45, 7) is 1.60. The molecule has 7 heteroatoms. The van der Waals surface area contributed by atoms with Crippen LogP contribution in [0, 0.1) is 0 Å². The van der Waals surface area contributed by atoms with Crippen molar-refractivity contribution in [2.45, 2.75) is 14.4 Å². The van der Waals surface area contributed by atoms with Crippen LogP contribution in [-0.2, 0) is 11.8 Å². The van der Waals surface area contributed by atoms with Gasteiger partial charge in [-0.3, -0.25) is 14.8 Å². The fourth-order valence-electron chi connectivity index (χ4n) is 1.47. The number of benzene rings is 1. The number of rotatable bonds is 4. The monoisotopic (exact) mass is 334 g/mol. The highest BCUT2D eigenvalue weighted by molar-refractivity contribution is 5.92. The molecule has 0 saturated carbocycles. The Bertz CT molecular complexity index is 640. The Kier molecular flexibility index (Phi) is 9.43. The average Bonchev–Trinajstić information content (AvgIpc) is 2.55. The first-order valence-corrected chi connectivity index (χ1v) is 6.80. The zero-order chi connectivity index (χ0) is 17.2. The number of anilines is 1. The molecular weight excluding hydrogens is 310 g/mol. The van der Waals surface area contributed by atoms with Gasteiger partial charge in [-0.15, -0.1) is 0 Å². The van der Waals surface area contributed by atoms with Crippen LogP contribution in [0.2, 0.25) is 0 Å². The van der Waals surface area contributed by atoms with E-state index in [1.54, 1.807) is 58.8 Å². The molecule has 0 fully saturated rings. The van der Waals surface area contributed by atoms with E-state index in [9.17, 15) is 9.59 Å². The summed E-state index contributed by atoms with van der Waals surface area (Å²) in [7, 11) is 1.85.